The number of nitrogens with one attached hydrogen (secondary N) is 1. The molecule has 28 heavy (non-hydrogen) atoms. The summed E-state index contributed by atoms with van der Waals surface area (Å²) in [7, 11) is 3.50. The number of rotatable bonds is 4. The summed E-state index contributed by atoms with van der Waals surface area (Å²) in [6.45, 7) is 4.42. The Morgan fingerprint density at radius 1 is 1.07 bits per heavy atom. The lowest BCUT2D eigenvalue weighted by Gasteiger charge is -2.37. The first-order valence-corrected chi connectivity index (χ1v) is 9.07. The molecule has 1 aliphatic heterocycles. The van der Waals surface area contributed by atoms with Gasteiger partial charge in [0.25, 0.3) is 0 Å². The number of ether oxygens (including phenoxy) is 1. The number of guanidine groups is 1. The molecule has 0 radical (unpaired) electrons. The Kier molecular flexibility index (Phi) is 8.39. The molecule has 1 fully saturated rings. The van der Waals surface area contributed by atoms with E-state index in [0.717, 1.165) is 43.5 Å². The lowest BCUT2D eigenvalue weighted by molar-refractivity contribution is 0.372. The van der Waals surface area contributed by atoms with Gasteiger partial charge in [-0.05, 0) is 42.0 Å². The van der Waals surface area contributed by atoms with Crippen LogP contribution in [0.4, 0.5) is 5.69 Å². The Labute approximate surface area is 183 Å². The van der Waals surface area contributed by atoms with E-state index in [1.165, 1.54) is 5.69 Å². The maximum atomic E-state index is 8.88. The van der Waals surface area contributed by atoms with Crippen molar-refractivity contribution in [3.63, 3.8) is 0 Å². The Morgan fingerprint density at radius 2 is 1.71 bits per heavy atom. The third-order valence-electron chi connectivity index (χ3n) is 4.76. The van der Waals surface area contributed by atoms with Crippen molar-refractivity contribution in [1.29, 1.82) is 5.26 Å². The molecular weight excluding hydrogens is 465 g/mol. The zero-order chi connectivity index (χ0) is 19.1. The maximum Gasteiger partial charge on any atom is 0.194 e. The number of benzene rings is 2. The van der Waals surface area contributed by atoms with E-state index in [1.807, 2.05) is 43.4 Å². The van der Waals surface area contributed by atoms with E-state index in [2.05, 4.69) is 38.3 Å². The Balaban J connectivity index is 0.00000280. The van der Waals surface area contributed by atoms with Crippen LogP contribution in [0.5, 0.6) is 5.75 Å². The molecule has 1 aliphatic rings. The first kappa shape index (κ1) is 21.8. The van der Waals surface area contributed by atoms with Gasteiger partial charge in [0.1, 0.15) is 5.75 Å². The SMILES string of the molecule is CN=C(NCc1ccc(C#N)cc1)N1CCN(c2ccc(OC)cc2)CC1.I. The lowest BCUT2D eigenvalue weighted by Crippen LogP contribution is -2.52. The quantitative estimate of drug-likeness (QED) is 0.405. The average molecular weight is 491 g/mol. The first-order chi connectivity index (χ1) is 13.2. The first-order valence-electron chi connectivity index (χ1n) is 9.07. The molecule has 2 aromatic rings. The van der Waals surface area contributed by atoms with Gasteiger partial charge in [-0.1, -0.05) is 12.1 Å². The molecule has 148 valence electrons. The number of hydrogen-bond donors (Lipinski definition) is 1. The van der Waals surface area contributed by atoms with Gasteiger partial charge in [-0.15, -0.1) is 24.0 Å². The fourth-order valence-electron chi connectivity index (χ4n) is 3.18. The summed E-state index contributed by atoms with van der Waals surface area (Å²) in [6, 6.07) is 18.0. The van der Waals surface area contributed by atoms with E-state index in [9.17, 15) is 0 Å². The van der Waals surface area contributed by atoms with Gasteiger partial charge in [0.15, 0.2) is 5.96 Å². The van der Waals surface area contributed by atoms with Crippen LogP contribution in [0.25, 0.3) is 0 Å². The highest BCUT2D eigenvalue weighted by Crippen LogP contribution is 2.20. The van der Waals surface area contributed by atoms with Gasteiger partial charge < -0.3 is 19.9 Å². The number of piperazine rings is 1. The number of nitriles is 1. The second kappa shape index (κ2) is 10.8. The zero-order valence-electron chi connectivity index (χ0n) is 16.3. The Morgan fingerprint density at radius 3 is 2.25 bits per heavy atom. The summed E-state index contributed by atoms with van der Waals surface area (Å²) >= 11 is 0. The van der Waals surface area contributed by atoms with Crippen molar-refractivity contribution in [1.82, 2.24) is 10.2 Å². The maximum absolute atomic E-state index is 8.88. The fraction of sp³-hybridized carbons (Fsp3) is 0.333. The number of hydrogen-bond acceptors (Lipinski definition) is 4. The van der Waals surface area contributed by atoms with Gasteiger partial charge in [0.05, 0.1) is 18.7 Å². The van der Waals surface area contributed by atoms with E-state index in [4.69, 9.17) is 10.00 Å². The number of anilines is 1. The van der Waals surface area contributed by atoms with Crippen LogP contribution in [-0.4, -0.2) is 51.2 Å². The molecule has 0 bridgehead atoms. The van der Waals surface area contributed by atoms with Crippen LogP contribution in [0.15, 0.2) is 53.5 Å². The molecule has 7 heteroatoms. The van der Waals surface area contributed by atoms with Crippen molar-refractivity contribution in [2.45, 2.75) is 6.54 Å². The van der Waals surface area contributed by atoms with E-state index >= 15 is 0 Å². The molecule has 1 heterocycles. The van der Waals surface area contributed by atoms with Crippen LogP contribution < -0.4 is 15.0 Å². The topological polar surface area (TPSA) is 63.9 Å². The van der Waals surface area contributed by atoms with E-state index in [0.29, 0.717) is 12.1 Å². The van der Waals surface area contributed by atoms with Gasteiger partial charge in [0.2, 0.25) is 0 Å². The summed E-state index contributed by atoms with van der Waals surface area (Å²) in [6.07, 6.45) is 0. The summed E-state index contributed by atoms with van der Waals surface area (Å²) in [5, 5.41) is 12.3. The molecule has 3 rings (SSSR count). The largest absolute Gasteiger partial charge is 0.497 e. The van der Waals surface area contributed by atoms with E-state index < -0.39 is 0 Å². The van der Waals surface area contributed by atoms with Crippen molar-refractivity contribution in [3.8, 4) is 11.8 Å². The summed E-state index contributed by atoms with van der Waals surface area (Å²) < 4.78 is 5.23. The van der Waals surface area contributed by atoms with Crippen molar-refractivity contribution in [2.75, 3.05) is 45.2 Å². The van der Waals surface area contributed by atoms with E-state index in [1.54, 1.807) is 7.11 Å². The van der Waals surface area contributed by atoms with Crippen LogP contribution in [0.2, 0.25) is 0 Å². The van der Waals surface area contributed by atoms with Gasteiger partial charge in [-0.3, -0.25) is 4.99 Å². The molecule has 1 saturated heterocycles. The van der Waals surface area contributed by atoms with Gasteiger partial charge in [-0.25, -0.2) is 0 Å². The van der Waals surface area contributed by atoms with Gasteiger partial charge in [0, 0.05) is 45.5 Å². The monoisotopic (exact) mass is 491 g/mol. The molecule has 0 saturated carbocycles. The number of nitrogens with zero attached hydrogens (tertiary/aromatic N) is 4. The van der Waals surface area contributed by atoms with Gasteiger partial charge in [-0.2, -0.15) is 5.26 Å². The molecule has 0 atom stereocenters. The molecule has 1 N–H and O–H groups in total. The number of halogens is 1. The molecule has 6 nitrogen and oxygen atoms in total. The summed E-state index contributed by atoms with van der Waals surface area (Å²) in [5.74, 6) is 1.79. The predicted octanol–water partition coefficient (Wildman–Crippen LogP) is 3.08. The fourth-order valence-corrected chi connectivity index (χ4v) is 3.18. The normalized spacial score (nSPS) is 14.1. The molecular formula is C21H26IN5O. The highest BCUT2D eigenvalue weighted by molar-refractivity contribution is 14.0. The van der Waals surface area contributed by atoms with Crippen molar-refractivity contribution in [2.24, 2.45) is 4.99 Å². The Bertz CT molecular complexity index is 806. The standard InChI is InChI=1S/C21H25N5O.HI/c1-23-21(24-16-18-5-3-17(15-22)4-6-18)26-13-11-25(12-14-26)19-7-9-20(27-2)10-8-19;/h3-10H,11-14,16H2,1-2H3,(H,23,24);1H. The van der Waals surface area contributed by atoms with Crippen molar-refractivity contribution >= 4 is 35.6 Å². The molecule has 0 amide bonds. The highest BCUT2D eigenvalue weighted by atomic mass is 127. The van der Waals surface area contributed by atoms with Crippen LogP contribution in [-0.2, 0) is 6.54 Å². The smallest absolute Gasteiger partial charge is 0.194 e. The third-order valence-corrected chi connectivity index (χ3v) is 4.76. The van der Waals surface area contributed by atoms with E-state index in [-0.39, 0.29) is 24.0 Å². The summed E-state index contributed by atoms with van der Waals surface area (Å²) in [5.41, 5.74) is 3.03. The minimum Gasteiger partial charge on any atom is -0.497 e. The predicted molar refractivity (Wildman–Crippen MR) is 124 cm³/mol. The van der Waals surface area contributed by atoms with Crippen molar-refractivity contribution < 1.29 is 4.74 Å². The van der Waals surface area contributed by atoms with Crippen LogP contribution in [0.3, 0.4) is 0 Å². The minimum atomic E-state index is 0. The molecule has 0 aromatic heterocycles. The number of methoxy groups -OCH3 is 1. The highest BCUT2D eigenvalue weighted by Gasteiger charge is 2.19. The third kappa shape index (κ3) is 5.52. The van der Waals surface area contributed by atoms with Crippen molar-refractivity contribution in [3.05, 3.63) is 59.7 Å². The zero-order valence-corrected chi connectivity index (χ0v) is 18.6. The second-order valence-electron chi connectivity index (χ2n) is 6.38. The van der Waals surface area contributed by atoms with Crippen LogP contribution in [0.1, 0.15) is 11.1 Å². The van der Waals surface area contributed by atoms with Gasteiger partial charge >= 0.3 is 0 Å². The minimum absolute atomic E-state index is 0. The second-order valence-corrected chi connectivity index (χ2v) is 6.38. The summed E-state index contributed by atoms with van der Waals surface area (Å²) in [4.78, 5) is 9.09. The Hall–Kier alpha value is -2.47. The molecule has 2 aromatic carbocycles. The number of aliphatic imine (C=N–C) groups is 1. The average Bonchev–Trinajstić information content (AvgIpc) is 2.75. The van der Waals surface area contributed by atoms with Crippen LogP contribution >= 0.6 is 24.0 Å². The lowest BCUT2D eigenvalue weighted by atomic mass is 10.1. The molecule has 0 aliphatic carbocycles. The molecule has 0 unspecified atom stereocenters. The molecule has 0 spiro atoms. The van der Waals surface area contributed by atoms with Crippen LogP contribution in [0, 0.1) is 11.3 Å².